The van der Waals surface area contributed by atoms with Gasteiger partial charge in [0.2, 0.25) is 10.0 Å². The zero-order valence-electron chi connectivity index (χ0n) is 15.9. The van der Waals surface area contributed by atoms with E-state index in [1.54, 1.807) is 0 Å². The molecule has 11 heteroatoms. The molecule has 1 fully saturated rings. The molecular weight excluding hydrogens is 425 g/mol. The molecule has 0 spiro atoms. The summed E-state index contributed by atoms with van der Waals surface area (Å²) in [5, 5.41) is 0. The Kier molecular flexibility index (Phi) is 6.52. The Morgan fingerprint density at radius 3 is 2.30 bits per heavy atom. The van der Waals surface area contributed by atoms with Crippen molar-refractivity contribution in [2.75, 3.05) is 33.3 Å². The van der Waals surface area contributed by atoms with Gasteiger partial charge in [0.25, 0.3) is 5.91 Å². The van der Waals surface area contributed by atoms with Crippen molar-refractivity contribution in [2.45, 2.75) is 11.5 Å². The van der Waals surface area contributed by atoms with Gasteiger partial charge in [0.1, 0.15) is 10.7 Å². The summed E-state index contributed by atoms with van der Waals surface area (Å²) in [6.45, 7) is -3.03. The van der Waals surface area contributed by atoms with Crippen LogP contribution in [0.4, 0.5) is 13.2 Å². The number of alkyl halides is 2. The van der Waals surface area contributed by atoms with Crippen LogP contribution in [-0.2, 0) is 10.0 Å². The molecule has 1 amide bonds. The molecule has 0 N–H and O–H groups in total. The summed E-state index contributed by atoms with van der Waals surface area (Å²) < 4.78 is 74.8. The van der Waals surface area contributed by atoms with Gasteiger partial charge in [-0.05, 0) is 30.3 Å². The number of carbonyl (C=O) groups excluding carboxylic acids is 1. The van der Waals surface area contributed by atoms with Crippen molar-refractivity contribution >= 4 is 15.9 Å². The van der Waals surface area contributed by atoms with Crippen LogP contribution in [0.3, 0.4) is 0 Å². The number of hydrogen-bond donors (Lipinski definition) is 0. The number of methoxy groups -OCH3 is 1. The van der Waals surface area contributed by atoms with E-state index in [2.05, 4.69) is 4.74 Å². The van der Waals surface area contributed by atoms with Gasteiger partial charge in [-0.25, -0.2) is 12.8 Å². The number of hydrogen-bond acceptors (Lipinski definition) is 5. The Hall–Kier alpha value is -2.79. The second kappa shape index (κ2) is 8.92. The van der Waals surface area contributed by atoms with Crippen molar-refractivity contribution in [3.05, 3.63) is 53.8 Å². The lowest BCUT2D eigenvalue weighted by atomic mass is 10.1. The number of carbonyl (C=O) groups is 1. The number of ether oxygens (including phenoxy) is 2. The van der Waals surface area contributed by atoms with E-state index in [-0.39, 0.29) is 43.2 Å². The van der Waals surface area contributed by atoms with Crippen LogP contribution in [0.1, 0.15) is 10.4 Å². The maximum Gasteiger partial charge on any atom is 0.387 e. The highest BCUT2D eigenvalue weighted by Gasteiger charge is 2.32. The van der Waals surface area contributed by atoms with Gasteiger partial charge in [-0.15, -0.1) is 0 Å². The first kappa shape index (κ1) is 21.9. The quantitative estimate of drug-likeness (QED) is 0.685. The van der Waals surface area contributed by atoms with E-state index >= 15 is 0 Å². The van der Waals surface area contributed by atoms with Crippen molar-refractivity contribution in [1.82, 2.24) is 9.21 Å². The minimum Gasteiger partial charge on any atom is -0.493 e. The number of piperazine rings is 1. The molecule has 0 unspecified atom stereocenters. The molecule has 2 aromatic rings. The highest BCUT2D eigenvalue weighted by Crippen LogP contribution is 2.30. The van der Waals surface area contributed by atoms with Crippen LogP contribution in [-0.4, -0.2) is 63.4 Å². The molecular formula is C19H19F3N2O5S. The molecule has 0 atom stereocenters. The van der Waals surface area contributed by atoms with E-state index < -0.39 is 33.3 Å². The summed E-state index contributed by atoms with van der Waals surface area (Å²) in [6.07, 6.45) is 0. The molecule has 30 heavy (non-hydrogen) atoms. The fraction of sp³-hybridized carbons (Fsp3) is 0.316. The van der Waals surface area contributed by atoms with Crippen molar-refractivity contribution in [2.24, 2.45) is 0 Å². The van der Waals surface area contributed by atoms with Gasteiger partial charge in [0.15, 0.2) is 11.5 Å². The van der Waals surface area contributed by atoms with Crippen LogP contribution >= 0.6 is 0 Å². The van der Waals surface area contributed by atoms with Gasteiger partial charge in [-0.1, -0.05) is 12.1 Å². The summed E-state index contributed by atoms with van der Waals surface area (Å²) in [5.41, 5.74) is 0.0943. The second-order valence-corrected chi connectivity index (χ2v) is 8.28. The highest BCUT2D eigenvalue weighted by atomic mass is 32.2. The molecule has 0 saturated carbocycles. The highest BCUT2D eigenvalue weighted by molar-refractivity contribution is 7.89. The monoisotopic (exact) mass is 444 g/mol. The smallest absolute Gasteiger partial charge is 0.387 e. The number of amides is 1. The maximum atomic E-state index is 13.9. The zero-order valence-corrected chi connectivity index (χ0v) is 16.7. The molecule has 0 aliphatic carbocycles. The van der Waals surface area contributed by atoms with E-state index in [0.717, 1.165) is 16.4 Å². The fourth-order valence-electron chi connectivity index (χ4n) is 3.10. The molecule has 1 saturated heterocycles. The van der Waals surface area contributed by atoms with Gasteiger partial charge in [0.05, 0.1) is 7.11 Å². The van der Waals surface area contributed by atoms with Crippen molar-refractivity contribution in [3.63, 3.8) is 0 Å². The summed E-state index contributed by atoms with van der Waals surface area (Å²) >= 11 is 0. The first-order chi connectivity index (χ1) is 14.2. The average Bonchev–Trinajstić information content (AvgIpc) is 2.73. The summed E-state index contributed by atoms with van der Waals surface area (Å²) in [7, 11) is -2.75. The summed E-state index contributed by atoms with van der Waals surface area (Å²) in [4.78, 5) is 13.7. The number of sulfonamides is 1. The molecule has 2 aromatic carbocycles. The second-order valence-electron chi connectivity index (χ2n) is 6.37. The largest absolute Gasteiger partial charge is 0.493 e. The lowest BCUT2D eigenvalue weighted by Crippen LogP contribution is -2.50. The van der Waals surface area contributed by atoms with Gasteiger partial charge in [0, 0.05) is 31.7 Å². The number of benzene rings is 2. The van der Waals surface area contributed by atoms with Crippen LogP contribution in [0.2, 0.25) is 0 Å². The third kappa shape index (κ3) is 4.51. The van der Waals surface area contributed by atoms with E-state index in [4.69, 9.17) is 4.74 Å². The van der Waals surface area contributed by atoms with Crippen LogP contribution in [0.15, 0.2) is 47.4 Å². The number of nitrogens with zero attached hydrogens (tertiary/aromatic N) is 2. The lowest BCUT2D eigenvalue weighted by molar-refractivity contribution is -0.0512. The van der Waals surface area contributed by atoms with Crippen LogP contribution in [0, 0.1) is 5.82 Å². The lowest BCUT2D eigenvalue weighted by Gasteiger charge is -2.34. The number of rotatable bonds is 6. The van der Waals surface area contributed by atoms with Gasteiger partial charge >= 0.3 is 6.61 Å². The summed E-state index contributed by atoms with van der Waals surface area (Å²) in [6, 6.07) is 8.96. The molecule has 0 radical (unpaired) electrons. The summed E-state index contributed by atoms with van der Waals surface area (Å²) in [5.74, 6) is -1.55. The molecule has 7 nitrogen and oxygen atoms in total. The Morgan fingerprint density at radius 1 is 1.03 bits per heavy atom. The van der Waals surface area contributed by atoms with E-state index in [1.165, 1.54) is 42.3 Å². The van der Waals surface area contributed by atoms with Crippen LogP contribution in [0.25, 0.3) is 0 Å². The third-order valence-corrected chi connectivity index (χ3v) is 6.54. The third-order valence-electron chi connectivity index (χ3n) is 4.61. The van der Waals surface area contributed by atoms with Crippen LogP contribution < -0.4 is 9.47 Å². The van der Waals surface area contributed by atoms with Gasteiger partial charge in [-0.3, -0.25) is 4.79 Å². The van der Waals surface area contributed by atoms with Gasteiger partial charge in [-0.2, -0.15) is 13.1 Å². The topological polar surface area (TPSA) is 76.2 Å². The van der Waals surface area contributed by atoms with E-state index in [9.17, 15) is 26.4 Å². The average molecular weight is 444 g/mol. The molecule has 0 aromatic heterocycles. The van der Waals surface area contributed by atoms with Gasteiger partial charge < -0.3 is 14.4 Å². The Bertz CT molecular complexity index is 1020. The first-order valence-electron chi connectivity index (χ1n) is 8.91. The SMILES string of the molecule is COc1ccc(C(=O)N2CCN(S(=O)(=O)c3ccccc3F)CC2)cc1OC(F)F. The number of halogens is 3. The van der Waals surface area contributed by atoms with Crippen molar-refractivity contribution < 1.29 is 35.9 Å². The maximum absolute atomic E-state index is 13.9. The molecule has 1 heterocycles. The minimum atomic E-state index is -4.04. The molecule has 3 rings (SSSR count). The first-order valence-corrected chi connectivity index (χ1v) is 10.3. The normalized spacial score (nSPS) is 15.3. The molecule has 1 aliphatic rings. The molecule has 1 aliphatic heterocycles. The minimum absolute atomic E-state index is 0.0288. The zero-order chi connectivity index (χ0) is 21.9. The van der Waals surface area contributed by atoms with Crippen LogP contribution in [0.5, 0.6) is 11.5 Å². The Morgan fingerprint density at radius 2 is 1.70 bits per heavy atom. The molecule has 162 valence electrons. The Balaban J connectivity index is 1.72. The van der Waals surface area contributed by atoms with Crippen molar-refractivity contribution in [1.29, 1.82) is 0 Å². The standard InChI is InChI=1S/C19H19F3N2O5S/c1-28-15-7-6-13(12-16(15)29-19(21)22)18(25)23-8-10-24(11-9-23)30(26,27)17-5-3-2-4-14(17)20/h2-7,12,19H,8-11H2,1H3. The van der Waals surface area contributed by atoms with Crippen molar-refractivity contribution in [3.8, 4) is 11.5 Å². The predicted octanol–water partition coefficient (Wildman–Crippen LogP) is 2.58. The fourth-order valence-corrected chi connectivity index (χ4v) is 4.59. The Labute approximate surface area is 171 Å². The predicted molar refractivity (Wildman–Crippen MR) is 101 cm³/mol. The van der Waals surface area contributed by atoms with E-state index in [0.29, 0.717) is 0 Å². The molecule has 0 bridgehead atoms. The van der Waals surface area contributed by atoms with E-state index in [1.807, 2.05) is 0 Å².